The monoisotopic (exact) mass is 453 g/mol. The Bertz CT molecular complexity index is 1090. The van der Waals surface area contributed by atoms with Gasteiger partial charge in [-0.15, -0.1) is 0 Å². The third-order valence-corrected chi connectivity index (χ3v) is 6.85. The number of fused-ring (bicyclic) bond motifs is 2. The van der Waals surface area contributed by atoms with Crippen LogP contribution in [0.25, 0.3) is 0 Å². The quantitative estimate of drug-likeness (QED) is 0.549. The van der Waals surface area contributed by atoms with Gasteiger partial charge in [0.05, 0.1) is 19.1 Å². The third kappa shape index (κ3) is 3.77. The van der Waals surface area contributed by atoms with Crippen LogP contribution in [-0.4, -0.2) is 49.4 Å². The fourth-order valence-corrected chi connectivity index (χ4v) is 5.23. The van der Waals surface area contributed by atoms with Crippen molar-refractivity contribution < 1.29 is 24.0 Å². The van der Waals surface area contributed by atoms with Crippen molar-refractivity contribution in [1.82, 2.24) is 10.2 Å². The molecule has 2 aromatic carbocycles. The molecule has 0 saturated heterocycles. The molecule has 33 heavy (non-hydrogen) atoms. The van der Waals surface area contributed by atoms with Gasteiger partial charge in [0.2, 0.25) is 5.91 Å². The first-order valence-electron chi connectivity index (χ1n) is 10.9. The Hall–Kier alpha value is -3.62. The van der Waals surface area contributed by atoms with Gasteiger partial charge in [0.15, 0.2) is 11.5 Å². The molecule has 174 valence electrons. The van der Waals surface area contributed by atoms with E-state index < -0.39 is 11.0 Å². The average molecular weight is 453 g/mol. The Morgan fingerprint density at radius 2 is 1.70 bits per heavy atom. The van der Waals surface area contributed by atoms with Crippen LogP contribution in [0.1, 0.15) is 53.2 Å². The van der Waals surface area contributed by atoms with Crippen LogP contribution in [0.2, 0.25) is 0 Å². The summed E-state index contributed by atoms with van der Waals surface area (Å²) in [6.45, 7) is 0.378. The van der Waals surface area contributed by atoms with E-state index in [1.165, 1.54) is 38.4 Å². The van der Waals surface area contributed by atoms with E-state index in [4.69, 9.17) is 9.47 Å². The fourth-order valence-electron chi connectivity index (χ4n) is 5.23. The van der Waals surface area contributed by atoms with Crippen LogP contribution in [0.3, 0.4) is 0 Å². The summed E-state index contributed by atoms with van der Waals surface area (Å²) in [4.78, 5) is 38.9. The van der Waals surface area contributed by atoms with Crippen LogP contribution in [-0.2, 0) is 10.2 Å². The van der Waals surface area contributed by atoms with Crippen LogP contribution < -0.4 is 14.8 Å². The summed E-state index contributed by atoms with van der Waals surface area (Å²) in [5.74, 6) is 0.424. The highest BCUT2D eigenvalue weighted by atomic mass is 16.6. The molecule has 1 atom stereocenters. The highest BCUT2D eigenvalue weighted by Crippen LogP contribution is 2.52. The Morgan fingerprint density at radius 1 is 1.09 bits per heavy atom. The van der Waals surface area contributed by atoms with Crippen LogP contribution in [0.4, 0.5) is 5.69 Å². The minimum atomic E-state index is -0.862. The molecule has 2 amide bonds. The largest absolute Gasteiger partial charge is 0.493 e. The van der Waals surface area contributed by atoms with E-state index in [0.29, 0.717) is 23.6 Å². The molecular formula is C24H27N3O6. The van der Waals surface area contributed by atoms with Crippen LogP contribution >= 0.6 is 0 Å². The maximum atomic E-state index is 13.7. The number of nitro groups is 1. The molecule has 2 aliphatic rings. The van der Waals surface area contributed by atoms with Gasteiger partial charge in [-0.3, -0.25) is 19.7 Å². The second-order valence-corrected chi connectivity index (χ2v) is 8.54. The molecule has 1 spiro atoms. The van der Waals surface area contributed by atoms with E-state index in [-0.39, 0.29) is 22.9 Å². The summed E-state index contributed by atoms with van der Waals surface area (Å²) < 4.78 is 11.0. The molecule has 1 heterocycles. The number of carbonyl (C=O) groups is 2. The molecule has 2 aromatic rings. The second-order valence-electron chi connectivity index (χ2n) is 8.54. The van der Waals surface area contributed by atoms with Gasteiger partial charge in [0, 0.05) is 36.7 Å². The Morgan fingerprint density at radius 3 is 2.24 bits per heavy atom. The van der Waals surface area contributed by atoms with E-state index in [9.17, 15) is 19.7 Å². The highest BCUT2D eigenvalue weighted by Gasteiger charge is 2.49. The van der Waals surface area contributed by atoms with E-state index in [0.717, 1.165) is 36.8 Å². The number of nitrogens with one attached hydrogen (secondary N) is 1. The summed E-state index contributed by atoms with van der Waals surface area (Å²) in [5, 5.41) is 13.7. The van der Waals surface area contributed by atoms with Crippen LogP contribution in [0.5, 0.6) is 11.5 Å². The first-order chi connectivity index (χ1) is 15.8. The lowest BCUT2D eigenvalue weighted by Gasteiger charge is -2.46. The van der Waals surface area contributed by atoms with Crippen molar-refractivity contribution in [1.29, 1.82) is 0 Å². The van der Waals surface area contributed by atoms with Gasteiger partial charge in [-0.1, -0.05) is 12.8 Å². The van der Waals surface area contributed by atoms with Crippen LogP contribution in [0, 0.1) is 10.1 Å². The second kappa shape index (κ2) is 8.73. The molecule has 4 rings (SSSR count). The molecule has 1 N–H and O–H groups in total. The number of carbonyl (C=O) groups excluding carboxylic acids is 2. The lowest BCUT2D eigenvalue weighted by atomic mass is 9.71. The zero-order valence-electron chi connectivity index (χ0n) is 18.9. The number of hydrogen-bond donors (Lipinski definition) is 1. The standard InChI is InChI=1S/C24H27N3O6/c1-25-22(28)21-17-12-19(32-2)20(33-3)13-18(17)24(10-4-5-11-24)14-26(21)23(29)15-6-8-16(9-7-15)27(30)31/h6-9,12-13,21H,4-5,10-11,14H2,1-3H3,(H,25,28). The van der Waals surface area contributed by atoms with E-state index in [1.54, 1.807) is 18.1 Å². The lowest BCUT2D eigenvalue weighted by Crippen LogP contribution is -2.53. The van der Waals surface area contributed by atoms with E-state index >= 15 is 0 Å². The maximum absolute atomic E-state index is 13.7. The summed E-state index contributed by atoms with van der Waals surface area (Å²) in [5.41, 5.74) is 1.64. The SMILES string of the molecule is CNC(=O)C1c2cc(OC)c(OC)cc2C2(CCCC2)CN1C(=O)c1ccc([N+](=O)[O-])cc1. The van der Waals surface area contributed by atoms with E-state index in [1.807, 2.05) is 6.07 Å². The van der Waals surface area contributed by atoms with Crippen molar-refractivity contribution in [3.63, 3.8) is 0 Å². The Labute approximate surface area is 191 Å². The molecule has 9 heteroatoms. The topological polar surface area (TPSA) is 111 Å². The maximum Gasteiger partial charge on any atom is 0.269 e. The smallest absolute Gasteiger partial charge is 0.269 e. The van der Waals surface area contributed by atoms with Crippen molar-refractivity contribution in [3.8, 4) is 11.5 Å². The number of hydrogen-bond acceptors (Lipinski definition) is 6. The van der Waals surface area contributed by atoms with Gasteiger partial charge in [-0.25, -0.2) is 0 Å². The van der Waals surface area contributed by atoms with Crippen molar-refractivity contribution in [2.75, 3.05) is 27.8 Å². The molecule has 1 aliphatic heterocycles. The van der Waals surface area contributed by atoms with Gasteiger partial charge in [-0.05, 0) is 48.2 Å². The zero-order valence-corrected chi connectivity index (χ0v) is 18.9. The number of amides is 2. The molecule has 1 aliphatic carbocycles. The highest BCUT2D eigenvalue weighted by molar-refractivity contribution is 5.98. The van der Waals surface area contributed by atoms with Gasteiger partial charge in [-0.2, -0.15) is 0 Å². The molecular weight excluding hydrogens is 426 g/mol. The zero-order chi connectivity index (χ0) is 23.8. The molecule has 9 nitrogen and oxygen atoms in total. The molecule has 1 fully saturated rings. The Balaban J connectivity index is 1.86. The number of rotatable bonds is 5. The summed E-state index contributed by atoms with van der Waals surface area (Å²) in [6.07, 6.45) is 3.83. The van der Waals surface area contributed by atoms with Crippen LogP contribution in [0.15, 0.2) is 36.4 Å². The summed E-state index contributed by atoms with van der Waals surface area (Å²) in [7, 11) is 4.65. The minimum Gasteiger partial charge on any atom is -0.493 e. The molecule has 0 bridgehead atoms. The third-order valence-electron chi connectivity index (χ3n) is 6.85. The minimum absolute atomic E-state index is 0.0949. The fraction of sp³-hybridized carbons (Fsp3) is 0.417. The van der Waals surface area contributed by atoms with Crippen molar-refractivity contribution >= 4 is 17.5 Å². The van der Waals surface area contributed by atoms with Crippen molar-refractivity contribution in [2.24, 2.45) is 0 Å². The number of benzene rings is 2. The van der Waals surface area contributed by atoms with Crippen molar-refractivity contribution in [2.45, 2.75) is 37.1 Å². The van der Waals surface area contributed by atoms with Gasteiger partial charge in [0.1, 0.15) is 6.04 Å². The van der Waals surface area contributed by atoms with Gasteiger partial charge in [0.25, 0.3) is 11.6 Å². The van der Waals surface area contributed by atoms with E-state index in [2.05, 4.69) is 5.32 Å². The number of methoxy groups -OCH3 is 2. The Kier molecular flexibility index (Phi) is 5.97. The molecule has 1 unspecified atom stereocenters. The summed E-state index contributed by atoms with van der Waals surface area (Å²) >= 11 is 0. The predicted molar refractivity (Wildman–Crippen MR) is 121 cm³/mol. The summed E-state index contributed by atoms with van der Waals surface area (Å²) in [6, 6.07) is 8.36. The van der Waals surface area contributed by atoms with Crippen molar-refractivity contribution in [3.05, 3.63) is 63.2 Å². The molecule has 1 saturated carbocycles. The number of ether oxygens (including phenoxy) is 2. The van der Waals surface area contributed by atoms with Gasteiger partial charge < -0.3 is 19.7 Å². The first-order valence-corrected chi connectivity index (χ1v) is 10.9. The first kappa shape index (κ1) is 22.6. The number of nitro benzene ring substituents is 1. The normalized spacial score (nSPS) is 18.5. The number of non-ortho nitro benzene ring substituents is 1. The molecule has 0 aromatic heterocycles. The molecule has 0 radical (unpaired) electrons. The number of nitrogens with zero attached hydrogens (tertiary/aromatic N) is 2. The average Bonchev–Trinajstić information content (AvgIpc) is 3.31. The lowest BCUT2D eigenvalue weighted by molar-refractivity contribution is -0.384. The number of likely N-dealkylation sites (N-methyl/N-ethyl adjacent to an activating group) is 1. The van der Waals surface area contributed by atoms with Gasteiger partial charge >= 0.3 is 0 Å². The predicted octanol–water partition coefficient (Wildman–Crippen LogP) is 3.37.